The number of carbonyl (C=O) groups is 1. The lowest BCUT2D eigenvalue weighted by Crippen LogP contribution is -2.42. The lowest BCUT2D eigenvalue weighted by atomic mass is 9.84. The van der Waals surface area contributed by atoms with Gasteiger partial charge >= 0.3 is 0 Å². The maximum atomic E-state index is 13.2. The van der Waals surface area contributed by atoms with E-state index in [9.17, 15) is 13.2 Å². The standard InChI is InChI=1S/C23H34N2O3S/c1-15-9-16(2)14-25(13-15)29(27,28)21-6-4-5-20(12-21)23(26)24-17(3)22-11-18-7-8-19(22)10-18/h4-6,12,15-19,22H,7-11,13-14H2,1-3H3,(H,24,26)/t15-,16+,17-,18+,19+,22-/m1/s1. The van der Waals surface area contributed by atoms with Gasteiger partial charge in [0.1, 0.15) is 0 Å². The molecule has 1 amide bonds. The number of amides is 1. The van der Waals surface area contributed by atoms with Crippen LogP contribution in [0.2, 0.25) is 0 Å². The van der Waals surface area contributed by atoms with Crippen molar-refractivity contribution in [2.45, 2.75) is 63.8 Å². The molecule has 1 aromatic rings. The Bertz CT molecular complexity index is 859. The van der Waals surface area contributed by atoms with E-state index >= 15 is 0 Å². The van der Waals surface area contributed by atoms with Gasteiger partial charge in [-0.3, -0.25) is 4.79 Å². The molecule has 6 heteroatoms. The summed E-state index contributed by atoms with van der Waals surface area (Å²) in [5.41, 5.74) is 0.430. The van der Waals surface area contributed by atoms with Gasteiger partial charge in [0.25, 0.3) is 5.91 Å². The predicted molar refractivity (Wildman–Crippen MR) is 114 cm³/mol. The first-order valence-corrected chi connectivity index (χ1v) is 12.6. The first kappa shape index (κ1) is 20.9. The summed E-state index contributed by atoms with van der Waals surface area (Å²) in [4.78, 5) is 13.1. The van der Waals surface area contributed by atoms with Crippen LogP contribution >= 0.6 is 0 Å². The molecule has 1 heterocycles. The molecule has 0 radical (unpaired) electrons. The van der Waals surface area contributed by atoms with Crippen LogP contribution in [0, 0.1) is 29.6 Å². The van der Waals surface area contributed by atoms with Gasteiger partial charge in [0.15, 0.2) is 0 Å². The normalized spacial score (nSPS) is 33.6. The quantitative estimate of drug-likeness (QED) is 0.788. The second kappa shape index (κ2) is 8.03. The number of carbonyl (C=O) groups excluding carboxylic acids is 1. The molecular weight excluding hydrogens is 384 g/mol. The molecule has 2 bridgehead atoms. The molecule has 1 aromatic carbocycles. The highest BCUT2D eigenvalue weighted by atomic mass is 32.2. The first-order valence-electron chi connectivity index (χ1n) is 11.1. The highest BCUT2D eigenvalue weighted by molar-refractivity contribution is 7.89. The average Bonchev–Trinajstić information content (AvgIpc) is 3.31. The predicted octanol–water partition coefficient (Wildman–Crippen LogP) is 3.91. The topological polar surface area (TPSA) is 66.5 Å². The largest absolute Gasteiger partial charge is 0.349 e. The molecular formula is C23H34N2O3S. The maximum Gasteiger partial charge on any atom is 0.251 e. The van der Waals surface area contributed by atoms with Crippen molar-refractivity contribution in [2.75, 3.05) is 13.1 Å². The summed E-state index contributed by atoms with van der Waals surface area (Å²) >= 11 is 0. The molecule has 3 aliphatic rings. The van der Waals surface area contributed by atoms with Gasteiger partial charge in [0.05, 0.1) is 4.90 Å². The fraction of sp³-hybridized carbons (Fsp3) is 0.696. The molecule has 1 aliphatic heterocycles. The minimum absolute atomic E-state index is 0.127. The van der Waals surface area contributed by atoms with Crippen LogP contribution in [0.1, 0.15) is 63.2 Å². The van der Waals surface area contributed by atoms with E-state index in [0.717, 1.165) is 18.3 Å². The number of rotatable bonds is 5. The van der Waals surface area contributed by atoms with Crippen molar-refractivity contribution < 1.29 is 13.2 Å². The summed E-state index contributed by atoms with van der Waals surface area (Å²) in [6.07, 6.45) is 6.21. The van der Waals surface area contributed by atoms with E-state index in [1.807, 2.05) is 0 Å². The van der Waals surface area contributed by atoms with Gasteiger partial charge in [0, 0.05) is 24.7 Å². The van der Waals surface area contributed by atoms with Crippen molar-refractivity contribution in [1.82, 2.24) is 9.62 Å². The summed E-state index contributed by atoms with van der Waals surface area (Å²) in [7, 11) is -3.58. The number of hydrogen-bond acceptors (Lipinski definition) is 3. The molecule has 0 unspecified atom stereocenters. The van der Waals surface area contributed by atoms with E-state index in [4.69, 9.17) is 0 Å². The van der Waals surface area contributed by atoms with E-state index < -0.39 is 10.0 Å². The van der Waals surface area contributed by atoms with Crippen molar-refractivity contribution in [1.29, 1.82) is 0 Å². The first-order chi connectivity index (χ1) is 13.7. The van der Waals surface area contributed by atoms with Crippen LogP contribution in [0.4, 0.5) is 0 Å². The van der Waals surface area contributed by atoms with Gasteiger partial charge in [-0.15, -0.1) is 0 Å². The van der Waals surface area contributed by atoms with Crippen molar-refractivity contribution >= 4 is 15.9 Å². The number of benzene rings is 1. The third-order valence-corrected chi connectivity index (χ3v) is 9.19. The lowest BCUT2D eigenvalue weighted by molar-refractivity contribution is 0.0915. The number of nitrogens with zero attached hydrogens (tertiary/aromatic N) is 1. The smallest absolute Gasteiger partial charge is 0.251 e. The molecule has 3 fully saturated rings. The molecule has 2 aliphatic carbocycles. The van der Waals surface area contributed by atoms with Crippen LogP contribution in [-0.2, 0) is 10.0 Å². The van der Waals surface area contributed by atoms with Crippen LogP contribution in [0.15, 0.2) is 29.2 Å². The minimum Gasteiger partial charge on any atom is -0.349 e. The summed E-state index contributed by atoms with van der Waals surface area (Å²) in [6, 6.07) is 6.67. The molecule has 1 N–H and O–H groups in total. The molecule has 1 saturated heterocycles. The Morgan fingerprint density at radius 1 is 1.10 bits per heavy atom. The van der Waals surface area contributed by atoms with Crippen LogP contribution in [0.5, 0.6) is 0 Å². The van der Waals surface area contributed by atoms with E-state index in [0.29, 0.717) is 36.4 Å². The highest BCUT2D eigenvalue weighted by Crippen LogP contribution is 2.49. The fourth-order valence-corrected chi connectivity index (χ4v) is 7.78. The molecule has 0 spiro atoms. The molecule has 2 saturated carbocycles. The summed E-state index contributed by atoms with van der Waals surface area (Å²) < 4.78 is 27.9. The second-order valence-corrected chi connectivity index (χ2v) is 11.8. The van der Waals surface area contributed by atoms with Crippen LogP contribution in [-0.4, -0.2) is 37.8 Å². The second-order valence-electron chi connectivity index (χ2n) is 9.90. The van der Waals surface area contributed by atoms with Gasteiger partial charge in [-0.2, -0.15) is 4.31 Å². The Balaban J connectivity index is 1.47. The van der Waals surface area contributed by atoms with Crippen molar-refractivity contribution in [3.8, 4) is 0 Å². The van der Waals surface area contributed by atoms with Crippen molar-refractivity contribution in [3.05, 3.63) is 29.8 Å². The number of hydrogen-bond donors (Lipinski definition) is 1. The SMILES string of the molecule is C[C@@H]1C[C@H](C)CN(S(=O)(=O)c2cccc(C(=O)N[C@H](C)[C@H]3C[C@H]4CC[C@H]3C4)c2)C1. The van der Waals surface area contributed by atoms with Crippen molar-refractivity contribution in [2.24, 2.45) is 29.6 Å². The molecule has 6 atom stereocenters. The summed E-state index contributed by atoms with van der Waals surface area (Å²) in [5.74, 6) is 2.67. The molecule has 29 heavy (non-hydrogen) atoms. The third-order valence-electron chi connectivity index (χ3n) is 7.36. The summed E-state index contributed by atoms with van der Waals surface area (Å²) in [5, 5.41) is 3.15. The van der Waals surface area contributed by atoms with E-state index in [2.05, 4.69) is 26.1 Å². The van der Waals surface area contributed by atoms with Gasteiger partial charge in [-0.1, -0.05) is 26.3 Å². The number of nitrogens with one attached hydrogen (secondary N) is 1. The lowest BCUT2D eigenvalue weighted by Gasteiger charge is -2.34. The average molecular weight is 419 g/mol. The Morgan fingerprint density at radius 3 is 2.45 bits per heavy atom. The molecule has 4 rings (SSSR count). The Hall–Kier alpha value is -1.40. The zero-order valence-corrected chi connectivity index (χ0v) is 18.6. The fourth-order valence-electron chi connectivity index (χ4n) is 6.05. The molecule has 5 nitrogen and oxygen atoms in total. The third kappa shape index (κ3) is 4.24. The Morgan fingerprint density at radius 2 is 1.83 bits per heavy atom. The molecule has 160 valence electrons. The Kier molecular flexibility index (Phi) is 5.77. The highest BCUT2D eigenvalue weighted by Gasteiger charge is 2.42. The van der Waals surface area contributed by atoms with Gasteiger partial charge in [-0.05, 0) is 80.4 Å². The number of piperidine rings is 1. The number of fused-ring (bicyclic) bond motifs is 2. The van der Waals surface area contributed by atoms with Gasteiger partial charge in [-0.25, -0.2) is 8.42 Å². The Labute approximate surface area is 175 Å². The van der Waals surface area contributed by atoms with Gasteiger partial charge < -0.3 is 5.32 Å². The molecule has 0 aromatic heterocycles. The van der Waals surface area contributed by atoms with E-state index in [1.165, 1.54) is 25.7 Å². The zero-order chi connectivity index (χ0) is 20.8. The monoisotopic (exact) mass is 418 g/mol. The van der Waals surface area contributed by atoms with Crippen LogP contribution in [0.3, 0.4) is 0 Å². The zero-order valence-electron chi connectivity index (χ0n) is 17.8. The van der Waals surface area contributed by atoms with Crippen LogP contribution in [0.25, 0.3) is 0 Å². The van der Waals surface area contributed by atoms with Crippen LogP contribution < -0.4 is 5.32 Å². The van der Waals surface area contributed by atoms with E-state index in [1.54, 1.807) is 28.6 Å². The summed E-state index contributed by atoms with van der Waals surface area (Å²) in [6.45, 7) is 7.38. The van der Waals surface area contributed by atoms with E-state index in [-0.39, 0.29) is 16.8 Å². The van der Waals surface area contributed by atoms with Gasteiger partial charge in [0.2, 0.25) is 10.0 Å². The number of sulfonamides is 1. The maximum absolute atomic E-state index is 13.2. The minimum atomic E-state index is -3.58. The van der Waals surface area contributed by atoms with Crippen molar-refractivity contribution in [3.63, 3.8) is 0 Å².